The highest BCUT2D eigenvalue weighted by Gasteiger charge is 2.37. The third-order valence-corrected chi connectivity index (χ3v) is 3.49. The highest BCUT2D eigenvalue weighted by molar-refractivity contribution is 7.89. The summed E-state index contributed by atoms with van der Waals surface area (Å²) >= 11 is 0. The fourth-order valence-electron chi connectivity index (χ4n) is 1.47. The van der Waals surface area contributed by atoms with Crippen molar-refractivity contribution >= 4 is 10.0 Å². The summed E-state index contributed by atoms with van der Waals surface area (Å²) in [5, 5.41) is 4.94. The van der Waals surface area contributed by atoms with Crippen LogP contribution in [-0.4, -0.2) is 14.2 Å². The van der Waals surface area contributed by atoms with Crippen LogP contribution in [0.15, 0.2) is 0 Å². The number of rotatable bonds is 4. The maximum Gasteiger partial charge on any atom is 0.209 e. The molecule has 2 N–H and O–H groups in total. The van der Waals surface area contributed by atoms with E-state index in [1.807, 2.05) is 0 Å². The van der Waals surface area contributed by atoms with Gasteiger partial charge in [-0.2, -0.15) is 0 Å². The summed E-state index contributed by atoms with van der Waals surface area (Å²) in [6.45, 7) is 4.24. The molecule has 0 radical (unpaired) electrons. The zero-order valence-electron chi connectivity index (χ0n) is 7.71. The molecule has 72 valence electrons. The van der Waals surface area contributed by atoms with Crippen LogP contribution in [0.5, 0.6) is 0 Å². The van der Waals surface area contributed by atoms with Gasteiger partial charge in [-0.05, 0) is 30.6 Å². The third-order valence-electron chi connectivity index (χ3n) is 2.71. The molecular formula is C8H17NO2S. The number of sulfonamides is 1. The van der Waals surface area contributed by atoms with E-state index in [4.69, 9.17) is 5.14 Å². The minimum absolute atomic E-state index is 0.122. The van der Waals surface area contributed by atoms with E-state index in [1.165, 1.54) is 12.8 Å². The Morgan fingerprint density at radius 2 is 1.92 bits per heavy atom. The van der Waals surface area contributed by atoms with Gasteiger partial charge in [0.2, 0.25) is 10.0 Å². The van der Waals surface area contributed by atoms with Crippen LogP contribution in [0.4, 0.5) is 0 Å². The molecule has 1 aliphatic rings. The van der Waals surface area contributed by atoms with Gasteiger partial charge in [0, 0.05) is 0 Å². The van der Waals surface area contributed by atoms with Crippen molar-refractivity contribution in [3.63, 3.8) is 0 Å². The smallest absolute Gasteiger partial charge is 0.209 e. The van der Waals surface area contributed by atoms with E-state index in [-0.39, 0.29) is 11.2 Å². The lowest BCUT2D eigenvalue weighted by Gasteiger charge is -2.23. The van der Waals surface area contributed by atoms with Crippen LogP contribution < -0.4 is 5.14 Å². The first-order chi connectivity index (χ1) is 5.31. The van der Waals surface area contributed by atoms with E-state index in [1.54, 1.807) is 0 Å². The van der Waals surface area contributed by atoms with Gasteiger partial charge in [0.25, 0.3) is 0 Å². The highest BCUT2D eigenvalue weighted by Crippen LogP contribution is 2.47. The van der Waals surface area contributed by atoms with Crippen molar-refractivity contribution in [3.8, 4) is 0 Å². The van der Waals surface area contributed by atoms with Gasteiger partial charge in [0.15, 0.2) is 0 Å². The monoisotopic (exact) mass is 191 g/mol. The van der Waals surface area contributed by atoms with Gasteiger partial charge in [-0.15, -0.1) is 0 Å². The molecule has 3 nitrogen and oxygen atoms in total. The molecule has 4 heteroatoms. The molecule has 1 rings (SSSR count). The molecule has 0 aromatic carbocycles. The zero-order chi connectivity index (χ0) is 9.41. The summed E-state index contributed by atoms with van der Waals surface area (Å²) in [7, 11) is -3.26. The normalized spacial score (nSPS) is 19.6. The fourth-order valence-corrected chi connectivity index (χ4v) is 2.28. The molecule has 0 spiro atoms. The lowest BCUT2D eigenvalue weighted by Crippen LogP contribution is -2.23. The van der Waals surface area contributed by atoms with Crippen LogP contribution in [-0.2, 0) is 10.0 Å². The van der Waals surface area contributed by atoms with E-state index in [0.29, 0.717) is 6.42 Å². The predicted molar refractivity (Wildman–Crippen MR) is 49.1 cm³/mol. The molecule has 0 saturated heterocycles. The van der Waals surface area contributed by atoms with Gasteiger partial charge in [-0.25, -0.2) is 13.6 Å². The van der Waals surface area contributed by atoms with Gasteiger partial charge in [-0.1, -0.05) is 13.8 Å². The predicted octanol–water partition coefficient (Wildman–Crippen LogP) is 1.10. The third kappa shape index (κ3) is 3.11. The van der Waals surface area contributed by atoms with Crippen molar-refractivity contribution in [2.75, 3.05) is 5.75 Å². The quantitative estimate of drug-likeness (QED) is 0.723. The molecule has 0 aliphatic heterocycles. The first kappa shape index (κ1) is 9.99. The minimum atomic E-state index is -3.26. The molecule has 0 aromatic heterocycles. The molecule has 0 atom stereocenters. The molecular weight excluding hydrogens is 174 g/mol. The van der Waals surface area contributed by atoms with Gasteiger partial charge in [-0.3, -0.25) is 0 Å². The zero-order valence-corrected chi connectivity index (χ0v) is 8.52. The Bertz CT molecular complexity index is 252. The first-order valence-electron chi connectivity index (χ1n) is 4.32. The van der Waals surface area contributed by atoms with E-state index < -0.39 is 10.0 Å². The SMILES string of the molecule is CC(C)(CCS(N)(=O)=O)C1CC1. The summed E-state index contributed by atoms with van der Waals surface area (Å²) in [4.78, 5) is 0. The van der Waals surface area contributed by atoms with Gasteiger partial charge < -0.3 is 0 Å². The molecule has 0 amide bonds. The average Bonchev–Trinajstić information content (AvgIpc) is 2.62. The molecule has 1 saturated carbocycles. The summed E-state index contributed by atoms with van der Waals surface area (Å²) in [5.41, 5.74) is 0.159. The second kappa shape index (κ2) is 3.00. The molecule has 0 aromatic rings. The van der Waals surface area contributed by atoms with E-state index in [9.17, 15) is 8.42 Å². The summed E-state index contributed by atoms with van der Waals surface area (Å²) in [5.74, 6) is 0.843. The fraction of sp³-hybridized carbons (Fsp3) is 1.00. The van der Waals surface area contributed by atoms with Crippen LogP contribution in [0.25, 0.3) is 0 Å². The van der Waals surface area contributed by atoms with E-state index in [2.05, 4.69) is 13.8 Å². The molecule has 0 bridgehead atoms. The molecule has 1 aliphatic carbocycles. The Labute approximate surface area is 74.4 Å². The highest BCUT2D eigenvalue weighted by atomic mass is 32.2. The average molecular weight is 191 g/mol. The summed E-state index contributed by atoms with van der Waals surface area (Å²) in [6.07, 6.45) is 3.19. The maximum absolute atomic E-state index is 10.7. The minimum Gasteiger partial charge on any atom is -0.229 e. The second-order valence-corrected chi connectivity index (χ2v) is 6.11. The van der Waals surface area contributed by atoms with Gasteiger partial charge in [0.05, 0.1) is 5.75 Å². The van der Waals surface area contributed by atoms with Crippen LogP contribution >= 0.6 is 0 Å². The number of hydrogen-bond acceptors (Lipinski definition) is 2. The van der Waals surface area contributed by atoms with Crippen LogP contribution in [0.2, 0.25) is 0 Å². The summed E-state index contributed by atoms with van der Waals surface area (Å²) < 4.78 is 21.4. The number of primary sulfonamides is 1. The van der Waals surface area contributed by atoms with Crippen molar-refractivity contribution in [1.82, 2.24) is 0 Å². The van der Waals surface area contributed by atoms with Crippen molar-refractivity contribution in [1.29, 1.82) is 0 Å². The Hall–Kier alpha value is -0.0900. The first-order valence-corrected chi connectivity index (χ1v) is 6.03. The number of nitrogens with two attached hydrogens (primary N) is 1. The molecule has 0 heterocycles. The largest absolute Gasteiger partial charge is 0.229 e. The lowest BCUT2D eigenvalue weighted by atomic mass is 9.85. The Morgan fingerprint density at radius 1 is 1.42 bits per heavy atom. The van der Waals surface area contributed by atoms with Crippen molar-refractivity contribution in [3.05, 3.63) is 0 Å². The van der Waals surface area contributed by atoms with E-state index in [0.717, 1.165) is 5.92 Å². The second-order valence-electron chi connectivity index (χ2n) is 4.38. The lowest BCUT2D eigenvalue weighted by molar-refractivity contribution is 0.298. The van der Waals surface area contributed by atoms with E-state index >= 15 is 0 Å². The Kier molecular flexibility index (Phi) is 2.50. The molecule has 1 fully saturated rings. The Morgan fingerprint density at radius 3 is 2.25 bits per heavy atom. The molecule has 0 unspecified atom stereocenters. The maximum atomic E-state index is 10.7. The van der Waals surface area contributed by atoms with Gasteiger partial charge >= 0.3 is 0 Å². The van der Waals surface area contributed by atoms with Crippen LogP contribution in [0.3, 0.4) is 0 Å². The van der Waals surface area contributed by atoms with Gasteiger partial charge in [0.1, 0.15) is 0 Å². The molecule has 12 heavy (non-hydrogen) atoms. The van der Waals surface area contributed by atoms with Crippen molar-refractivity contribution in [2.24, 2.45) is 16.5 Å². The van der Waals surface area contributed by atoms with Crippen molar-refractivity contribution < 1.29 is 8.42 Å². The Balaban J connectivity index is 2.40. The van der Waals surface area contributed by atoms with Crippen LogP contribution in [0, 0.1) is 11.3 Å². The number of hydrogen-bond donors (Lipinski definition) is 1. The van der Waals surface area contributed by atoms with Crippen molar-refractivity contribution in [2.45, 2.75) is 33.1 Å². The standard InChI is InChI=1S/C8H17NO2S/c1-8(2,7-3-4-7)5-6-12(9,10)11/h7H,3-6H2,1-2H3,(H2,9,10,11). The topological polar surface area (TPSA) is 60.2 Å². The van der Waals surface area contributed by atoms with Crippen LogP contribution in [0.1, 0.15) is 33.1 Å². The summed E-state index contributed by atoms with van der Waals surface area (Å²) in [6, 6.07) is 0.